The van der Waals surface area contributed by atoms with E-state index in [0.717, 1.165) is 57.8 Å². The van der Waals surface area contributed by atoms with Gasteiger partial charge in [-0.3, -0.25) is 13.8 Å². The molecule has 0 spiro atoms. The van der Waals surface area contributed by atoms with Gasteiger partial charge in [-0.25, -0.2) is 4.57 Å². The summed E-state index contributed by atoms with van der Waals surface area (Å²) in [7, 11) is -4.41. The summed E-state index contributed by atoms with van der Waals surface area (Å²) >= 11 is 0. The van der Waals surface area contributed by atoms with Gasteiger partial charge in [0.1, 0.15) is 0 Å². The van der Waals surface area contributed by atoms with E-state index in [9.17, 15) is 24.5 Å². The number of allylic oxidation sites excluding steroid dienone is 7. The van der Waals surface area contributed by atoms with Crippen molar-refractivity contribution in [3.05, 3.63) is 48.6 Å². The van der Waals surface area contributed by atoms with Crippen LogP contribution in [0.1, 0.15) is 187 Å². The van der Waals surface area contributed by atoms with Gasteiger partial charge in [0.2, 0.25) is 5.91 Å². The van der Waals surface area contributed by atoms with Gasteiger partial charge in [-0.15, -0.1) is 0 Å². The van der Waals surface area contributed by atoms with Gasteiger partial charge in [-0.2, -0.15) is 0 Å². The lowest BCUT2D eigenvalue weighted by molar-refractivity contribution is -0.124. The molecule has 0 radical (unpaired) electrons. The van der Waals surface area contributed by atoms with Crippen molar-refractivity contribution in [1.29, 1.82) is 0 Å². The Hall–Kier alpha value is -1.58. The van der Waals surface area contributed by atoms with E-state index in [1.54, 1.807) is 6.08 Å². The smallest absolute Gasteiger partial charge is 0.393 e. The molecule has 0 heterocycles. The second-order valence-electron chi connectivity index (χ2n) is 14.7. The lowest BCUT2D eigenvalue weighted by Gasteiger charge is -2.24. The summed E-state index contributed by atoms with van der Waals surface area (Å²) in [5.41, 5.74) is 5.35. The fourth-order valence-corrected chi connectivity index (χ4v) is 6.84. The number of phosphoric ester groups is 1. The van der Waals surface area contributed by atoms with Gasteiger partial charge in [0.25, 0.3) is 0 Å². The van der Waals surface area contributed by atoms with E-state index >= 15 is 0 Å². The third kappa shape index (κ3) is 37.3. The fraction of sp³-hybridized carbons (Fsp3) is 0.795. The predicted molar refractivity (Wildman–Crippen MR) is 227 cm³/mol. The normalized spacial score (nSPS) is 15.1. The van der Waals surface area contributed by atoms with E-state index in [4.69, 9.17) is 14.8 Å². The Kier molecular flexibility index (Phi) is 38.5. The number of carbonyl (C=O) groups is 1. The molecule has 0 aromatic heterocycles. The van der Waals surface area contributed by atoms with E-state index < -0.39 is 38.6 Å². The number of carbonyl (C=O) groups excluding carboxylic acids is 1. The number of phosphoric acid groups is 1. The largest absolute Gasteiger partial charge is 0.472 e. The number of aliphatic hydroxyl groups is 2. The van der Waals surface area contributed by atoms with E-state index in [1.807, 2.05) is 6.08 Å². The van der Waals surface area contributed by atoms with Crippen LogP contribution in [0.25, 0.3) is 0 Å². The molecule has 0 bridgehead atoms. The van der Waals surface area contributed by atoms with Crippen LogP contribution in [-0.2, 0) is 18.4 Å². The number of nitrogens with one attached hydrogen (secondary N) is 1. The number of hydrogen-bond acceptors (Lipinski definition) is 7. The average molecular weight is 783 g/mol. The van der Waals surface area contributed by atoms with E-state index in [-0.39, 0.29) is 19.6 Å². The first-order chi connectivity index (χ1) is 26.3. The summed E-state index contributed by atoms with van der Waals surface area (Å²) in [6, 6.07) is -1.01. The second-order valence-corrected chi connectivity index (χ2v) is 16.2. The monoisotopic (exact) mass is 783 g/mol. The molecule has 0 aromatic carbocycles. The molecule has 1 amide bonds. The first kappa shape index (κ1) is 52.4. The van der Waals surface area contributed by atoms with Gasteiger partial charge in [-0.05, 0) is 70.6 Å². The van der Waals surface area contributed by atoms with Crippen molar-refractivity contribution in [3.63, 3.8) is 0 Å². The molecule has 316 valence electrons. The lowest BCUT2D eigenvalue weighted by Crippen LogP contribution is -2.46. The minimum Gasteiger partial charge on any atom is -0.393 e. The van der Waals surface area contributed by atoms with Gasteiger partial charge in [0, 0.05) is 6.54 Å². The van der Waals surface area contributed by atoms with Crippen LogP contribution in [-0.4, -0.2) is 59.0 Å². The van der Waals surface area contributed by atoms with Gasteiger partial charge in [-0.1, -0.05) is 159 Å². The Bertz CT molecular complexity index is 1000. The van der Waals surface area contributed by atoms with Gasteiger partial charge >= 0.3 is 7.82 Å². The van der Waals surface area contributed by atoms with Crippen LogP contribution in [0.5, 0.6) is 0 Å². The van der Waals surface area contributed by atoms with Gasteiger partial charge < -0.3 is 26.2 Å². The third-order valence-electron chi connectivity index (χ3n) is 9.41. The number of rotatable bonds is 40. The van der Waals surface area contributed by atoms with Crippen LogP contribution in [0.15, 0.2) is 48.6 Å². The van der Waals surface area contributed by atoms with E-state index in [1.165, 1.54) is 96.3 Å². The SMILES string of the molecule is CCCCCC/C=C/CC/C=C/CC/C=C/C(O)C(COP(=O)(O)OCCN)NC(=O)CC(O)CCCCCCC/C=C\CCCCCCCCCCC. The van der Waals surface area contributed by atoms with Crippen molar-refractivity contribution in [3.8, 4) is 0 Å². The summed E-state index contributed by atoms with van der Waals surface area (Å²) in [5.74, 6) is -0.466. The molecule has 54 heavy (non-hydrogen) atoms. The summed E-state index contributed by atoms with van der Waals surface area (Å²) in [4.78, 5) is 22.7. The summed E-state index contributed by atoms with van der Waals surface area (Å²) in [5, 5.41) is 24.0. The molecule has 0 aliphatic carbocycles. The van der Waals surface area contributed by atoms with Crippen LogP contribution in [0, 0.1) is 0 Å². The molecule has 0 rings (SSSR count). The Balaban J connectivity index is 4.37. The predicted octanol–water partition coefficient (Wildman–Crippen LogP) is 11.1. The highest BCUT2D eigenvalue weighted by Gasteiger charge is 2.27. The molecule has 10 heteroatoms. The van der Waals surface area contributed by atoms with Crippen LogP contribution in [0.3, 0.4) is 0 Å². The molecule has 0 saturated heterocycles. The molecule has 0 aromatic rings. The highest BCUT2D eigenvalue weighted by atomic mass is 31.2. The minimum atomic E-state index is -4.41. The zero-order valence-electron chi connectivity index (χ0n) is 34.6. The maximum Gasteiger partial charge on any atom is 0.472 e. The van der Waals surface area contributed by atoms with Crippen LogP contribution < -0.4 is 11.1 Å². The standard InChI is InChI=1S/C44H83N2O7P/c1-3-5-7-9-11-13-15-17-19-20-21-22-23-25-27-29-31-33-35-41(47)39-44(49)46-42(40-53-54(50,51)52-38-37-45)43(48)36-34-32-30-28-26-24-18-16-14-12-10-8-6-4-2/h14,16,21-22,26,28,34,36,41-43,47-48H,3-13,15,17-20,23-25,27,29-33,35,37-40,45H2,1-2H3,(H,46,49)(H,50,51)/b16-14+,22-21-,28-26+,36-34+. The molecule has 6 N–H and O–H groups in total. The van der Waals surface area contributed by atoms with Crippen LogP contribution in [0.2, 0.25) is 0 Å². The third-order valence-corrected chi connectivity index (χ3v) is 10.4. The van der Waals surface area contributed by atoms with Gasteiger partial charge in [0.15, 0.2) is 0 Å². The molecule has 0 aliphatic rings. The van der Waals surface area contributed by atoms with Crippen molar-refractivity contribution in [2.75, 3.05) is 19.8 Å². The van der Waals surface area contributed by atoms with Crippen molar-refractivity contribution in [1.82, 2.24) is 5.32 Å². The molecular weight excluding hydrogens is 699 g/mol. The quantitative estimate of drug-likeness (QED) is 0.0234. The van der Waals surface area contributed by atoms with Crippen molar-refractivity contribution < 1.29 is 33.5 Å². The Morgan fingerprint density at radius 2 is 1.06 bits per heavy atom. The lowest BCUT2D eigenvalue weighted by atomic mass is 10.0. The Labute approximate surface area is 331 Å². The highest BCUT2D eigenvalue weighted by molar-refractivity contribution is 7.47. The molecule has 9 nitrogen and oxygen atoms in total. The molecule has 0 aliphatic heterocycles. The van der Waals surface area contributed by atoms with E-state index in [2.05, 4.69) is 55.6 Å². The molecule has 4 unspecified atom stereocenters. The first-order valence-electron chi connectivity index (χ1n) is 21.8. The molecule has 0 saturated carbocycles. The second kappa shape index (κ2) is 39.6. The minimum absolute atomic E-state index is 0.0401. The molecular formula is C44H83N2O7P. The van der Waals surface area contributed by atoms with E-state index in [0.29, 0.717) is 12.8 Å². The average Bonchev–Trinajstić information content (AvgIpc) is 3.15. The van der Waals surface area contributed by atoms with Crippen LogP contribution in [0.4, 0.5) is 0 Å². The maximum atomic E-state index is 12.8. The molecule has 0 fully saturated rings. The number of amides is 1. The maximum absolute atomic E-state index is 12.8. The number of nitrogens with two attached hydrogens (primary N) is 1. The number of aliphatic hydroxyl groups excluding tert-OH is 2. The zero-order valence-corrected chi connectivity index (χ0v) is 35.5. The highest BCUT2D eigenvalue weighted by Crippen LogP contribution is 2.43. The topological polar surface area (TPSA) is 151 Å². The summed E-state index contributed by atoms with van der Waals surface area (Å²) in [6.45, 7) is 3.91. The Morgan fingerprint density at radius 1 is 0.630 bits per heavy atom. The number of unbranched alkanes of at least 4 members (excludes halogenated alkanes) is 20. The first-order valence-corrected chi connectivity index (χ1v) is 23.3. The van der Waals surface area contributed by atoms with Crippen molar-refractivity contribution >= 4 is 13.7 Å². The molecule has 4 atom stereocenters. The van der Waals surface area contributed by atoms with Crippen molar-refractivity contribution in [2.24, 2.45) is 5.73 Å². The van der Waals surface area contributed by atoms with Crippen molar-refractivity contribution in [2.45, 2.75) is 205 Å². The zero-order chi connectivity index (χ0) is 39.8. The van der Waals surface area contributed by atoms with Crippen LogP contribution >= 0.6 is 7.82 Å². The van der Waals surface area contributed by atoms with Gasteiger partial charge in [0.05, 0.1) is 37.9 Å². The summed E-state index contributed by atoms with van der Waals surface area (Å²) < 4.78 is 22.0. The fourth-order valence-electron chi connectivity index (χ4n) is 6.08. The Morgan fingerprint density at radius 3 is 1.56 bits per heavy atom. The summed E-state index contributed by atoms with van der Waals surface area (Å²) in [6.07, 6.45) is 44.8. The number of hydrogen-bond donors (Lipinski definition) is 5.